The zero-order chi connectivity index (χ0) is 15.9. The molecule has 1 aromatic rings. The quantitative estimate of drug-likeness (QED) is 0.589. The fourth-order valence-electron chi connectivity index (χ4n) is 2.48. The number of halogens is 1. The van der Waals surface area contributed by atoms with Crippen LogP contribution in [0.1, 0.15) is 12.0 Å². The van der Waals surface area contributed by atoms with Crippen LogP contribution in [0.15, 0.2) is 29.2 Å². The van der Waals surface area contributed by atoms with Crippen molar-refractivity contribution in [3.63, 3.8) is 0 Å². The lowest BCUT2D eigenvalue weighted by Gasteiger charge is -2.20. The minimum atomic E-state index is -3.06. The van der Waals surface area contributed by atoms with Crippen LogP contribution in [0, 0.1) is 0 Å². The number of carbonyl (C=O) groups is 1. The van der Waals surface area contributed by atoms with Gasteiger partial charge in [0.25, 0.3) is 5.91 Å². The number of hydrogen-bond donors (Lipinski definition) is 0. The predicted molar refractivity (Wildman–Crippen MR) is 93.5 cm³/mol. The molecule has 2 saturated heterocycles. The third kappa shape index (κ3) is 3.22. The highest BCUT2D eigenvalue weighted by Crippen LogP contribution is 2.36. The lowest BCUT2D eigenvalue weighted by atomic mass is 10.2. The first-order valence-electron chi connectivity index (χ1n) is 6.59. The molecule has 2 aliphatic rings. The summed E-state index contributed by atoms with van der Waals surface area (Å²) in [4.78, 5) is 14.5. The zero-order valence-electron chi connectivity index (χ0n) is 11.4. The monoisotopic (exact) mass is 373 g/mol. The van der Waals surface area contributed by atoms with Crippen LogP contribution in [-0.2, 0) is 14.6 Å². The van der Waals surface area contributed by atoms with Gasteiger partial charge >= 0.3 is 0 Å². The normalized spacial score (nSPS) is 26.1. The van der Waals surface area contributed by atoms with Crippen LogP contribution in [0.5, 0.6) is 0 Å². The predicted octanol–water partition coefficient (Wildman–Crippen LogP) is 2.73. The molecule has 0 bridgehead atoms. The van der Waals surface area contributed by atoms with Gasteiger partial charge in [-0.2, -0.15) is 0 Å². The van der Waals surface area contributed by atoms with Gasteiger partial charge in [0.1, 0.15) is 4.32 Å². The second-order valence-electron chi connectivity index (χ2n) is 5.16. The molecule has 0 aliphatic carbocycles. The number of nitrogens with zero attached hydrogens (tertiary/aromatic N) is 1. The lowest BCUT2D eigenvalue weighted by Crippen LogP contribution is -2.39. The Bertz CT molecular complexity index is 771. The van der Waals surface area contributed by atoms with Gasteiger partial charge < -0.3 is 0 Å². The molecule has 2 aliphatic heterocycles. The highest BCUT2D eigenvalue weighted by molar-refractivity contribution is 8.26. The van der Waals surface area contributed by atoms with E-state index in [1.807, 2.05) is 12.1 Å². The van der Waals surface area contributed by atoms with E-state index in [9.17, 15) is 13.2 Å². The van der Waals surface area contributed by atoms with Gasteiger partial charge in [-0.3, -0.25) is 9.69 Å². The van der Waals surface area contributed by atoms with E-state index in [1.54, 1.807) is 18.2 Å². The maximum atomic E-state index is 12.5. The number of sulfone groups is 1. The summed E-state index contributed by atoms with van der Waals surface area (Å²) in [6, 6.07) is 6.78. The van der Waals surface area contributed by atoms with Gasteiger partial charge in [-0.15, -0.1) is 0 Å². The molecule has 2 heterocycles. The van der Waals surface area contributed by atoms with Crippen molar-refractivity contribution < 1.29 is 13.2 Å². The van der Waals surface area contributed by atoms with E-state index in [0.29, 0.717) is 20.7 Å². The first-order valence-corrected chi connectivity index (χ1v) is 10.0. The maximum Gasteiger partial charge on any atom is 0.266 e. The molecule has 1 aromatic carbocycles. The minimum Gasteiger partial charge on any atom is -0.289 e. The molecule has 0 saturated carbocycles. The molecule has 8 heteroatoms. The Labute approximate surface area is 143 Å². The number of thioether (sulfide) groups is 1. The Balaban J connectivity index is 1.84. The summed E-state index contributed by atoms with van der Waals surface area (Å²) in [7, 11) is -3.06. The van der Waals surface area contributed by atoms with Gasteiger partial charge in [0.05, 0.1) is 22.5 Å². The molecule has 0 unspecified atom stereocenters. The number of benzene rings is 1. The summed E-state index contributed by atoms with van der Waals surface area (Å²) in [5, 5.41) is 0.626. The van der Waals surface area contributed by atoms with E-state index in [4.69, 9.17) is 23.8 Å². The second kappa shape index (κ2) is 5.96. The van der Waals surface area contributed by atoms with Crippen LogP contribution in [0.3, 0.4) is 0 Å². The second-order valence-corrected chi connectivity index (χ2v) is 9.50. The summed E-state index contributed by atoms with van der Waals surface area (Å²) in [6.07, 6.45) is 2.20. The Morgan fingerprint density at radius 2 is 2.00 bits per heavy atom. The fourth-order valence-corrected chi connectivity index (χ4v) is 5.71. The summed E-state index contributed by atoms with van der Waals surface area (Å²) in [5.41, 5.74) is 0.851. The van der Waals surface area contributed by atoms with Crippen LogP contribution in [0.2, 0.25) is 5.02 Å². The van der Waals surface area contributed by atoms with Gasteiger partial charge in [-0.05, 0) is 30.2 Å². The van der Waals surface area contributed by atoms with E-state index in [1.165, 1.54) is 16.7 Å². The Hall–Kier alpha value is -0.890. The standard InChI is InChI=1S/C14H12ClNO3S3/c15-10-3-1-9(2-4-10)7-12-13(17)16(14(20)21-12)11-5-6-22(18,19)8-11/h1-4,7,11H,5-6,8H2/b12-7-/t11-/m0/s1. The van der Waals surface area contributed by atoms with Gasteiger partial charge in [-0.1, -0.05) is 47.7 Å². The Kier molecular flexibility index (Phi) is 4.33. The lowest BCUT2D eigenvalue weighted by molar-refractivity contribution is -0.123. The van der Waals surface area contributed by atoms with Crippen molar-refractivity contribution in [3.05, 3.63) is 39.8 Å². The molecule has 0 N–H and O–H groups in total. The smallest absolute Gasteiger partial charge is 0.266 e. The van der Waals surface area contributed by atoms with Crippen molar-refractivity contribution >= 4 is 61.7 Å². The largest absolute Gasteiger partial charge is 0.289 e. The van der Waals surface area contributed by atoms with Crippen molar-refractivity contribution in [2.24, 2.45) is 0 Å². The molecule has 1 amide bonds. The number of thiocarbonyl (C=S) groups is 1. The van der Waals surface area contributed by atoms with Crippen molar-refractivity contribution in [2.45, 2.75) is 12.5 Å². The first-order chi connectivity index (χ1) is 10.4. The number of rotatable bonds is 2. The topological polar surface area (TPSA) is 54.5 Å². The van der Waals surface area contributed by atoms with Crippen molar-refractivity contribution in [2.75, 3.05) is 11.5 Å². The third-order valence-corrected chi connectivity index (χ3v) is 6.90. The average molecular weight is 374 g/mol. The summed E-state index contributed by atoms with van der Waals surface area (Å²) in [6.45, 7) is 0. The number of carbonyl (C=O) groups excluding carboxylic acids is 1. The van der Waals surface area contributed by atoms with E-state index >= 15 is 0 Å². The van der Waals surface area contributed by atoms with Gasteiger partial charge in [-0.25, -0.2) is 8.42 Å². The molecule has 116 valence electrons. The van der Waals surface area contributed by atoms with Crippen LogP contribution in [0.25, 0.3) is 6.08 Å². The minimum absolute atomic E-state index is 0.00628. The maximum absolute atomic E-state index is 12.5. The van der Waals surface area contributed by atoms with Crippen LogP contribution >= 0.6 is 35.6 Å². The first kappa shape index (κ1) is 16.0. The molecule has 4 nitrogen and oxygen atoms in total. The SMILES string of the molecule is O=C1/C(=C/c2ccc(Cl)cc2)SC(=S)N1[C@H]1CCS(=O)(=O)C1. The molecule has 2 fully saturated rings. The van der Waals surface area contributed by atoms with Gasteiger partial charge in [0, 0.05) is 5.02 Å². The molecule has 3 rings (SSSR count). The van der Waals surface area contributed by atoms with Gasteiger partial charge in [0.2, 0.25) is 0 Å². The van der Waals surface area contributed by atoms with Crippen LogP contribution in [-0.4, -0.2) is 41.1 Å². The molecular weight excluding hydrogens is 362 g/mol. The summed E-state index contributed by atoms with van der Waals surface area (Å²) in [5.74, 6) is -0.106. The van der Waals surface area contributed by atoms with E-state index < -0.39 is 9.84 Å². The molecule has 0 aromatic heterocycles. The average Bonchev–Trinajstić information content (AvgIpc) is 2.93. The number of amides is 1. The zero-order valence-corrected chi connectivity index (χ0v) is 14.6. The van der Waals surface area contributed by atoms with E-state index in [0.717, 1.165) is 5.56 Å². The summed E-state index contributed by atoms with van der Waals surface area (Å²) >= 11 is 12.3. The van der Waals surface area contributed by atoms with E-state index in [2.05, 4.69) is 0 Å². The Morgan fingerprint density at radius 3 is 2.59 bits per heavy atom. The van der Waals surface area contributed by atoms with Gasteiger partial charge in [0.15, 0.2) is 9.84 Å². The molecule has 0 spiro atoms. The van der Waals surface area contributed by atoms with Crippen LogP contribution in [0.4, 0.5) is 0 Å². The highest BCUT2D eigenvalue weighted by Gasteiger charge is 2.41. The molecule has 1 atom stereocenters. The number of hydrogen-bond acceptors (Lipinski definition) is 5. The molecule has 0 radical (unpaired) electrons. The van der Waals surface area contributed by atoms with Crippen molar-refractivity contribution in [3.8, 4) is 0 Å². The Morgan fingerprint density at radius 1 is 1.32 bits per heavy atom. The molecular formula is C14H12ClNO3S3. The third-order valence-electron chi connectivity index (χ3n) is 3.56. The summed E-state index contributed by atoms with van der Waals surface area (Å²) < 4.78 is 23.6. The van der Waals surface area contributed by atoms with E-state index in [-0.39, 0.29) is 23.5 Å². The van der Waals surface area contributed by atoms with Crippen molar-refractivity contribution in [1.29, 1.82) is 0 Å². The van der Waals surface area contributed by atoms with Crippen LogP contribution < -0.4 is 0 Å². The highest BCUT2D eigenvalue weighted by atomic mass is 35.5. The fraction of sp³-hybridized carbons (Fsp3) is 0.286. The molecule has 22 heavy (non-hydrogen) atoms. The van der Waals surface area contributed by atoms with Crippen molar-refractivity contribution in [1.82, 2.24) is 4.90 Å².